The summed E-state index contributed by atoms with van der Waals surface area (Å²) in [5.41, 5.74) is 0. The summed E-state index contributed by atoms with van der Waals surface area (Å²) >= 11 is 0. The summed E-state index contributed by atoms with van der Waals surface area (Å²) < 4.78 is 0. The second-order valence-corrected chi connectivity index (χ2v) is 4.12. The molecule has 4 heteroatoms. The number of Topliss-reactive ketones (excluding diaryl/α,β-unsaturated/α-hetero) is 2. The van der Waals surface area contributed by atoms with Crippen molar-refractivity contribution < 1.29 is 19.8 Å². The minimum Gasteiger partial charge on any atom is -0.393 e. The molecule has 0 radical (unpaired) electrons. The van der Waals surface area contributed by atoms with Gasteiger partial charge in [0.25, 0.3) is 0 Å². The van der Waals surface area contributed by atoms with E-state index in [2.05, 4.69) is 0 Å². The molecule has 0 bridgehead atoms. The number of aliphatic hydroxyl groups is 2. The Hall–Kier alpha value is -0.740. The van der Waals surface area contributed by atoms with Crippen LogP contribution in [0.1, 0.15) is 38.5 Å². The van der Waals surface area contributed by atoms with E-state index in [4.69, 9.17) is 10.2 Å². The Bertz CT molecular complexity index is 229. The number of rotatable bonds is 4. The van der Waals surface area contributed by atoms with Gasteiger partial charge < -0.3 is 10.2 Å². The predicted octanol–water partition coefficient (Wildman–Crippen LogP) is 0.448. The summed E-state index contributed by atoms with van der Waals surface area (Å²) in [6.45, 7) is -0.669. The zero-order chi connectivity index (χ0) is 11.3. The van der Waals surface area contributed by atoms with Crippen molar-refractivity contribution in [2.24, 2.45) is 5.92 Å². The van der Waals surface area contributed by atoms with Gasteiger partial charge in [0.15, 0.2) is 0 Å². The van der Waals surface area contributed by atoms with E-state index in [1.165, 1.54) is 0 Å². The lowest BCUT2D eigenvalue weighted by Crippen LogP contribution is -2.35. The average Bonchev–Trinajstić information content (AvgIpc) is 2.54. The van der Waals surface area contributed by atoms with Gasteiger partial charge in [0.2, 0.25) is 11.6 Å². The van der Waals surface area contributed by atoms with Crippen LogP contribution in [-0.4, -0.2) is 34.5 Å². The molecule has 0 aromatic rings. The van der Waals surface area contributed by atoms with Crippen LogP contribution in [0, 0.1) is 5.92 Å². The van der Waals surface area contributed by atoms with Crippen molar-refractivity contribution in [2.75, 3.05) is 6.61 Å². The van der Waals surface area contributed by atoms with Crippen LogP contribution in [0.5, 0.6) is 0 Å². The Labute approximate surface area is 89.3 Å². The lowest BCUT2D eigenvalue weighted by molar-refractivity contribution is -0.145. The fourth-order valence-electron chi connectivity index (χ4n) is 1.99. The molecule has 4 nitrogen and oxygen atoms in total. The fourth-order valence-corrected chi connectivity index (χ4v) is 1.99. The number of carbonyl (C=O) groups excluding carboxylic acids is 2. The lowest BCUT2D eigenvalue weighted by Gasteiger charge is -2.13. The maximum absolute atomic E-state index is 11.6. The van der Waals surface area contributed by atoms with Gasteiger partial charge in [-0.3, -0.25) is 9.59 Å². The molecule has 0 aromatic heterocycles. The van der Waals surface area contributed by atoms with Gasteiger partial charge in [-0.1, -0.05) is 25.7 Å². The highest BCUT2D eigenvalue weighted by atomic mass is 16.3. The molecule has 0 aromatic carbocycles. The Kier molecular flexibility index (Phi) is 4.91. The van der Waals surface area contributed by atoms with Crippen LogP contribution in [0.15, 0.2) is 0 Å². The third-order valence-electron chi connectivity index (χ3n) is 2.94. The Morgan fingerprint density at radius 3 is 2.13 bits per heavy atom. The van der Waals surface area contributed by atoms with Crippen molar-refractivity contribution in [3.63, 3.8) is 0 Å². The summed E-state index contributed by atoms with van der Waals surface area (Å²) in [7, 11) is 0. The molecule has 1 unspecified atom stereocenters. The highest BCUT2D eigenvalue weighted by Gasteiger charge is 2.29. The zero-order valence-electron chi connectivity index (χ0n) is 8.82. The van der Waals surface area contributed by atoms with Crippen LogP contribution < -0.4 is 0 Å². The fraction of sp³-hybridized carbons (Fsp3) is 0.818. The van der Waals surface area contributed by atoms with E-state index in [1.54, 1.807) is 0 Å². The molecule has 1 saturated carbocycles. The van der Waals surface area contributed by atoms with Crippen LogP contribution >= 0.6 is 0 Å². The number of hydrogen-bond acceptors (Lipinski definition) is 4. The molecule has 1 atom stereocenters. The van der Waals surface area contributed by atoms with Crippen molar-refractivity contribution in [3.05, 3.63) is 0 Å². The van der Waals surface area contributed by atoms with Gasteiger partial charge in [0, 0.05) is 5.92 Å². The van der Waals surface area contributed by atoms with Gasteiger partial charge in [0.1, 0.15) is 6.10 Å². The van der Waals surface area contributed by atoms with E-state index in [-0.39, 0.29) is 5.92 Å². The van der Waals surface area contributed by atoms with Crippen LogP contribution in [0.25, 0.3) is 0 Å². The van der Waals surface area contributed by atoms with Gasteiger partial charge >= 0.3 is 0 Å². The van der Waals surface area contributed by atoms with E-state index in [1.807, 2.05) is 0 Å². The number of aliphatic hydroxyl groups excluding tert-OH is 2. The summed E-state index contributed by atoms with van der Waals surface area (Å²) in [5.74, 6) is -1.57. The minimum absolute atomic E-state index is 0.235. The highest BCUT2D eigenvalue weighted by Crippen LogP contribution is 2.24. The molecule has 1 aliphatic carbocycles. The predicted molar refractivity (Wildman–Crippen MR) is 54.3 cm³/mol. The summed E-state index contributed by atoms with van der Waals surface area (Å²) in [4.78, 5) is 23.0. The van der Waals surface area contributed by atoms with Gasteiger partial charge in [-0.2, -0.15) is 0 Å². The number of hydrogen-bond donors (Lipinski definition) is 2. The molecule has 15 heavy (non-hydrogen) atoms. The summed E-state index contributed by atoms with van der Waals surface area (Å²) in [6.07, 6.45) is 4.12. The van der Waals surface area contributed by atoms with Gasteiger partial charge in [-0.25, -0.2) is 0 Å². The van der Waals surface area contributed by atoms with Crippen molar-refractivity contribution in [3.8, 4) is 0 Å². The van der Waals surface area contributed by atoms with Gasteiger partial charge in [0.05, 0.1) is 6.61 Å². The summed E-state index contributed by atoms with van der Waals surface area (Å²) in [5, 5.41) is 17.7. The summed E-state index contributed by atoms with van der Waals surface area (Å²) in [6, 6.07) is 0. The van der Waals surface area contributed by atoms with Crippen LogP contribution in [0.4, 0.5) is 0 Å². The van der Waals surface area contributed by atoms with Gasteiger partial charge in [-0.15, -0.1) is 0 Å². The maximum atomic E-state index is 11.6. The SMILES string of the molecule is O=C(C(=O)C1CCCCCC1)C(O)CO. The molecule has 1 rings (SSSR count). The van der Waals surface area contributed by atoms with E-state index >= 15 is 0 Å². The molecular formula is C11H18O4. The first-order valence-electron chi connectivity index (χ1n) is 5.53. The molecule has 2 N–H and O–H groups in total. The Morgan fingerprint density at radius 2 is 1.67 bits per heavy atom. The van der Waals surface area contributed by atoms with E-state index < -0.39 is 24.3 Å². The molecule has 0 aliphatic heterocycles. The lowest BCUT2D eigenvalue weighted by atomic mass is 9.91. The topological polar surface area (TPSA) is 74.6 Å². The standard InChI is InChI=1S/C11H18O4/c12-7-9(13)11(15)10(14)8-5-3-1-2-4-6-8/h8-9,12-13H,1-7H2. The van der Waals surface area contributed by atoms with E-state index in [0.29, 0.717) is 0 Å². The Morgan fingerprint density at radius 1 is 1.13 bits per heavy atom. The first kappa shape index (κ1) is 12.3. The van der Waals surface area contributed by atoms with Crippen molar-refractivity contribution >= 4 is 11.6 Å². The van der Waals surface area contributed by atoms with Crippen molar-refractivity contribution in [1.82, 2.24) is 0 Å². The van der Waals surface area contributed by atoms with Crippen LogP contribution in [-0.2, 0) is 9.59 Å². The van der Waals surface area contributed by atoms with E-state index in [9.17, 15) is 9.59 Å². The van der Waals surface area contributed by atoms with Gasteiger partial charge in [-0.05, 0) is 12.8 Å². The van der Waals surface area contributed by atoms with E-state index in [0.717, 1.165) is 38.5 Å². The quantitative estimate of drug-likeness (QED) is 0.526. The highest BCUT2D eigenvalue weighted by molar-refractivity contribution is 6.39. The molecule has 0 amide bonds. The van der Waals surface area contributed by atoms with Crippen molar-refractivity contribution in [2.45, 2.75) is 44.6 Å². The Balaban J connectivity index is 2.54. The number of ketones is 2. The average molecular weight is 214 g/mol. The first-order valence-corrected chi connectivity index (χ1v) is 5.53. The second-order valence-electron chi connectivity index (χ2n) is 4.12. The molecule has 1 fully saturated rings. The molecular weight excluding hydrogens is 196 g/mol. The second kappa shape index (κ2) is 5.98. The molecule has 0 saturated heterocycles. The molecule has 1 aliphatic rings. The maximum Gasteiger partial charge on any atom is 0.229 e. The van der Waals surface area contributed by atoms with Crippen LogP contribution in [0.2, 0.25) is 0 Å². The zero-order valence-corrected chi connectivity index (χ0v) is 8.82. The minimum atomic E-state index is -1.53. The first-order chi connectivity index (χ1) is 7.16. The monoisotopic (exact) mass is 214 g/mol. The normalized spacial score (nSPS) is 20.7. The molecule has 0 spiro atoms. The number of carbonyl (C=O) groups is 2. The third kappa shape index (κ3) is 3.39. The van der Waals surface area contributed by atoms with Crippen LogP contribution in [0.3, 0.4) is 0 Å². The largest absolute Gasteiger partial charge is 0.393 e. The smallest absolute Gasteiger partial charge is 0.229 e. The third-order valence-corrected chi connectivity index (χ3v) is 2.94. The molecule has 0 heterocycles. The molecule has 86 valence electrons. The van der Waals surface area contributed by atoms with Crippen molar-refractivity contribution in [1.29, 1.82) is 0 Å².